The second-order valence-electron chi connectivity index (χ2n) is 14.5. The summed E-state index contributed by atoms with van der Waals surface area (Å²) in [6.45, 7) is 4.55. The molecule has 0 spiro atoms. The monoisotopic (exact) mass is 663 g/mol. The molecule has 0 amide bonds. The molecule has 1 atom stereocenters. The van der Waals surface area contributed by atoms with Crippen LogP contribution in [-0.4, -0.2) is 23.1 Å². The first-order chi connectivity index (χ1) is 23.1. The Morgan fingerprint density at radius 3 is 1.15 bits per heavy atom. The van der Waals surface area contributed by atoms with Gasteiger partial charge in [0.15, 0.2) is 0 Å². The maximum atomic E-state index is 12.6. The SMILES string of the molecule is CCCCCCCCCC/C=C\CCCCCCCCCCCC(=O)OC(CCCCCCCCCC)CCCCCCCC(=O)O. The number of allylic oxidation sites excluding steroid dienone is 2. The van der Waals surface area contributed by atoms with E-state index in [0.29, 0.717) is 6.42 Å². The van der Waals surface area contributed by atoms with Gasteiger partial charge < -0.3 is 9.84 Å². The van der Waals surface area contributed by atoms with E-state index in [0.717, 1.165) is 64.2 Å². The molecule has 0 aliphatic carbocycles. The number of rotatable bonds is 39. The fraction of sp³-hybridized carbons (Fsp3) is 0.907. The van der Waals surface area contributed by atoms with Gasteiger partial charge in [0.2, 0.25) is 0 Å². The van der Waals surface area contributed by atoms with Crippen LogP contribution in [-0.2, 0) is 14.3 Å². The maximum absolute atomic E-state index is 12.6. The average Bonchev–Trinajstić information content (AvgIpc) is 3.05. The van der Waals surface area contributed by atoms with Crippen molar-refractivity contribution in [2.45, 2.75) is 251 Å². The molecule has 1 unspecified atom stereocenters. The zero-order valence-electron chi connectivity index (χ0n) is 31.9. The van der Waals surface area contributed by atoms with Crippen molar-refractivity contribution < 1.29 is 19.4 Å². The summed E-state index contributed by atoms with van der Waals surface area (Å²) in [5.74, 6) is -0.696. The summed E-state index contributed by atoms with van der Waals surface area (Å²) < 4.78 is 5.99. The zero-order chi connectivity index (χ0) is 34.3. The highest BCUT2D eigenvalue weighted by molar-refractivity contribution is 5.69. The lowest BCUT2D eigenvalue weighted by Gasteiger charge is -2.18. The fourth-order valence-corrected chi connectivity index (χ4v) is 6.59. The van der Waals surface area contributed by atoms with Gasteiger partial charge in [0.05, 0.1) is 0 Å². The van der Waals surface area contributed by atoms with E-state index in [9.17, 15) is 9.59 Å². The molecule has 0 aromatic rings. The molecule has 1 N–H and O–H groups in total. The number of hydrogen-bond acceptors (Lipinski definition) is 3. The van der Waals surface area contributed by atoms with Gasteiger partial charge in [0.25, 0.3) is 0 Å². The van der Waals surface area contributed by atoms with Gasteiger partial charge in [-0.05, 0) is 64.2 Å². The molecule has 0 bridgehead atoms. The number of carbonyl (C=O) groups is 2. The Balaban J connectivity index is 3.82. The first-order valence-corrected chi connectivity index (χ1v) is 21.2. The quantitative estimate of drug-likeness (QED) is 0.0404. The first-order valence-electron chi connectivity index (χ1n) is 21.2. The minimum Gasteiger partial charge on any atom is -0.481 e. The van der Waals surface area contributed by atoms with E-state index in [4.69, 9.17) is 9.84 Å². The Bertz CT molecular complexity index is 673. The van der Waals surface area contributed by atoms with E-state index >= 15 is 0 Å². The molecule has 0 aromatic heterocycles. The molecule has 0 aliphatic heterocycles. The molecule has 0 rings (SSSR count). The molecule has 0 aliphatic rings. The first kappa shape index (κ1) is 45.7. The number of carbonyl (C=O) groups excluding carboxylic acids is 1. The topological polar surface area (TPSA) is 63.6 Å². The van der Waals surface area contributed by atoms with Crippen molar-refractivity contribution in [2.75, 3.05) is 0 Å². The van der Waals surface area contributed by atoms with E-state index in [1.165, 1.54) is 154 Å². The van der Waals surface area contributed by atoms with Gasteiger partial charge >= 0.3 is 11.9 Å². The van der Waals surface area contributed by atoms with E-state index in [1.54, 1.807) is 0 Å². The van der Waals surface area contributed by atoms with E-state index in [-0.39, 0.29) is 18.5 Å². The van der Waals surface area contributed by atoms with E-state index in [1.807, 2.05) is 0 Å². The van der Waals surface area contributed by atoms with Gasteiger partial charge in [0, 0.05) is 12.8 Å². The molecule has 278 valence electrons. The lowest BCUT2D eigenvalue weighted by atomic mass is 10.0. The number of unbranched alkanes of at least 4 members (excludes halogenated alkanes) is 28. The zero-order valence-corrected chi connectivity index (χ0v) is 31.9. The molecule has 0 fully saturated rings. The van der Waals surface area contributed by atoms with E-state index in [2.05, 4.69) is 26.0 Å². The van der Waals surface area contributed by atoms with Crippen LogP contribution in [0.2, 0.25) is 0 Å². The predicted octanol–water partition coefficient (Wildman–Crippen LogP) is 14.6. The van der Waals surface area contributed by atoms with Crippen LogP contribution in [0.5, 0.6) is 0 Å². The number of ether oxygens (including phenoxy) is 1. The molecule has 0 heterocycles. The highest BCUT2D eigenvalue weighted by atomic mass is 16.5. The molecule has 0 radical (unpaired) electrons. The Hall–Kier alpha value is -1.32. The van der Waals surface area contributed by atoms with Crippen molar-refractivity contribution in [3.05, 3.63) is 12.2 Å². The summed E-state index contributed by atoms with van der Waals surface area (Å²) in [7, 11) is 0. The van der Waals surface area contributed by atoms with E-state index < -0.39 is 5.97 Å². The third kappa shape index (κ3) is 39.0. The Morgan fingerprint density at radius 1 is 0.447 bits per heavy atom. The summed E-state index contributed by atoms with van der Waals surface area (Å²) in [4.78, 5) is 23.3. The molecular weight excluding hydrogens is 580 g/mol. The van der Waals surface area contributed by atoms with Gasteiger partial charge in [0.1, 0.15) is 6.10 Å². The fourth-order valence-electron chi connectivity index (χ4n) is 6.59. The van der Waals surface area contributed by atoms with Crippen molar-refractivity contribution in [1.29, 1.82) is 0 Å². The van der Waals surface area contributed by atoms with Crippen molar-refractivity contribution in [1.82, 2.24) is 0 Å². The summed E-state index contributed by atoms with van der Waals surface area (Å²) in [5, 5.41) is 8.81. The second-order valence-corrected chi connectivity index (χ2v) is 14.5. The largest absolute Gasteiger partial charge is 0.481 e. The van der Waals surface area contributed by atoms with Gasteiger partial charge in [-0.15, -0.1) is 0 Å². The second kappa shape index (κ2) is 39.1. The Morgan fingerprint density at radius 2 is 0.766 bits per heavy atom. The molecule has 47 heavy (non-hydrogen) atoms. The van der Waals surface area contributed by atoms with Crippen LogP contribution >= 0.6 is 0 Å². The van der Waals surface area contributed by atoms with Gasteiger partial charge in [-0.25, -0.2) is 0 Å². The van der Waals surface area contributed by atoms with Crippen molar-refractivity contribution in [3.8, 4) is 0 Å². The molecule has 0 aromatic carbocycles. The van der Waals surface area contributed by atoms with Gasteiger partial charge in [-0.2, -0.15) is 0 Å². The molecule has 4 heteroatoms. The third-order valence-corrected chi connectivity index (χ3v) is 9.74. The normalized spacial score (nSPS) is 12.2. The van der Waals surface area contributed by atoms with Crippen LogP contribution in [0, 0.1) is 0 Å². The standard InChI is InChI=1S/C43H82O4/c1-3-5-7-9-11-13-14-15-16-17-18-19-20-21-22-23-24-25-27-32-36-40-43(46)47-41(37-33-29-26-12-10-8-6-4-2)38-34-30-28-31-35-39-42(44)45/h17-18,41H,3-16,19-40H2,1-2H3,(H,44,45)/b18-17-. The highest BCUT2D eigenvalue weighted by Crippen LogP contribution is 2.19. The Kier molecular flexibility index (Phi) is 38.0. The number of aliphatic carboxylic acids is 1. The summed E-state index contributed by atoms with van der Waals surface area (Å²) >= 11 is 0. The maximum Gasteiger partial charge on any atom is 0.306 e. The molecular formula is C43H82O4. The van der Waals surface area contributed by atoms with Crippen LogP contribution in [0.25, 0.3) is 0 Å². The Labute approximate surface area is 294 Å². The smallest absolute Gasteiger partial charge is 0.306 e. The lowest BCUT2D eigenvalue weighted by molar-refractivity contribution is -0.150. The molecule has 4 nitrogen and oxygen atoms in total. The van der Waals surface area contributed by atoms with Gasteiger partial charge in [-0.3, -0.25) is 9.59 Å². The third-order valence-electron chi connectivity index (χ3n) is 9.74. The molecule has 0 saturated heterocycles. The molecule has 0 saturated carbocycles. The summed E-state index contributed by atoms with van der Waals surface area (Å²) in [6, 6.07) is 0. The lowest BCUT2D eigenvalue weighted by Crippen LogP contribution is -2.18. The number of hydrogen-bond donors (Lipinski definition) is 1. The van der Waals surface area contributed by atoms with Crippen LogP contribution in [0.1, 0.15) is 245 Å². The highest BCUT2D eigenvalue weighted by Gasteiger charge is 2.14. The number of carboxylic acid groups (broad SMARTS) is 1. The van der Waals surface area contributed by atoms with Crippen LogP contribution < -0.4 is 0 Å². The number of esters is 1. The predicted molar refractivity (Wildman–Crippen MR) is 204 cm³/mol. The minimum atomic E-state index is -0.698. The average molecular weight is 663 g/mol. The summed E-state index contributed by atoms with van der Waals surface area (Å²) in [6.07, 6.45) is 48.2. The minimum absolute atomic E-state index is 0.00266. The van der Waals surface area contributed by atoms with Crippen molar-refractivity contribution >= 4 is 11.9 Å². The summed E-state index contributed by atoms with van der Waals surface area (Å²) in [5.41, 5.74) is 0. The number of carboxylic acids is 1. The van der Waals surface area contributed by atoms with Crippen LogP contribution in [0.4, 0.5) is 0 Å². The van der Waals surface area contributed by atoms with Crippen LogP contribution in [0.15, 0.2) is 12.2 Å². The van der Waals surface area contributed by atoms with Gasteiger partial charge in [-0.1, -0.05) is 180 Å². The van der Waals surface area contributed by atoms with Crippen molar-refractivity contribution in [3.63, 3.8) is 0 Å². The van der Waals surface area contributed by atoms with Crippen molar-refractivity contribution in [2.24, 2.45) is 0 Å². The van der Waals surface area contributed by atoms with Crippen LogP contribution in [0.3, 0.4) is 0 Å².